The lowest BCUT2D eigenvalue weighted by molar-refractivity contribution is -0.139. The van der Waals surface area contributed by atoms with E-state index in [9.17, 15) is 19.1 Å². The van der Waals surface area contributed by atoms with E-state index in [-0.39, 0.29) is 5.82 Å². The lowest BCUT2D eigenvalue weighted by Crippen LogP contribution is -2.41. The average Bonchev–Trinajstić information content (AvgIpc) is 3.30. The normalized spacial score (nSPS) is 12.1. The van der Waals surface area contributed by atoms with Crippen LogP contribution < -0.4 is 5.32 Å². The molecule has 0 saturated carbocycles. The van der Waals surface area contributed by atoms with E-state index in [2.05, 4.69) is 10.3 Å². The smallest absolute Gasteiger partial charge is 0.326 e. The van der Waals surface area contributed by atoms with Gasteiger partial charge in [0.15, 0.2) is 0 Å². The molecule has 8 heteroatoms. The van der Waals surface area contributed by atoms with Crippen molar-refractivity contribution in [2.75, 3.05) is 12.0 Å². The van der Waals surface area contributed by atoms with Crippen molar-refractivity contribution in [1.82, 2.24) is 14.9 Å². The fourth-order valence-electron chi connectivity index (χ4n) is 3.17. The molecule has 2 aromatic carbocycles. The number of aliphatic carboxylic acids is 1. The first kappa shape index (κ1) is 23.3. The third kappa shape index (κ3) is 6.31. The van der Waals surface area contributed by atoms with Gasteiger partial charge in [-0.15, -0.1) is 0 Å². The van der Waals surface area contributed by atoms with Crippen molar-refractivity contribution >= 4 is 29.7 Å². The van der Waals surface area contributed by atoms with Crippen LogP contribution >= 0.6 is 11.8 Å². The summed E-state index contributed by atoms with van der Waals surface area (Å²) >= 11 is 1.52. The van der Waals surface area contributed by atoms with Crippen molar-refractivity contribution in [3.05, 3.63) is 84.2 Å². The Bertz CT molecular complexity index is 1080. The first-order valence-electron chi connectivity index (χ1n) is 10.0. The molecule has 1 heterocycles. The number of carbonyl (C=O) groups excluding carboxylic acids is 1. The van der Waals surface area contributed by atoms with Crippen molar-refractivity contribution in [2.45, 2.75) is 19.0 Å². The van der Waals surface area contributed by atoms with Gasteiger partial charge in [0, 0.05) is 24.5 Å². The van der Waals surface area contributed by atoms with Crippen LogP contribution in [0.1, 0.15) is 22.3 Å². The third-order valence-corrected chi connectivity index (χ3v) is 5.49. The Morgan fingerprint density at radius 1 is 1.25 bits per heavy atom. The molecular formula is C24H24FN3O3S. The second-order valence-electron chi connectivity index (χ2n) is 7.12. The largest absolute Gasteiger partial charge is 0.480 e. The summed E-state index contributed by atoms with van der Waals surface area (Å²) in [7, 11) is 0. The van der Waals surface area contributed by atoms with Gasteiger partial charge in [-0.1, -0.05) is 30.4 Å². The number of thioether (sulfide) groups is 1. The van der Waals surface area contributed by atoms with E-state index in [1.165, 1.54) is 23.9 Å². The number of hydrogen-bond donors (Lipinski definition) is 2. The summed E-state index contributed by atoms with van der Waals surface area (Å²) in [5.41, 5.74) is 2.45. The predicted octanol–water partition coefficient (Wildman–Crippen LogP) is 4.34. The molecule has 0 aliphatic heterocycles. The molecule has 0 radical (unpaired) electrons. The van der Waals surface area contributed by atoms with Crippen LogP contribution in [0.15, 0.2) is 67.3 Å². The molecule has 1 amide bonds. The van der Waals surface area contributed by atoms with Crippen LogP contribution in [-0.2, 0) is 11.3 Å². The summed E-state index contributed by atoms with van der Waals surface area (Å²) in [6.45, 7) is 0.643. The zero-order valence-electron chi connectivity index (χ0n) is 17.6. The second-order valence-corrected chi connectivity index (χ2v) is 8.11. The molecule has 1 aromatic heterocycles. The van der Waals surface area contributed by atoms with Gasteiger partial charge in [0.1, 0.15) is 11.9 Å². The highest BCUT2D eigenvalue weighted by molar-refractivity contribution is 7.98. The van der Waals surface area contributed by atoms with Gasteiger partial charge in [-0.2, -0.15) is 11.8 Å². The van der Waals surface area contributed by atoms with E-state index in [4.69, 9.17) is 0 Å². The zero-order chi connectivity index (χ0) is 22.9. The van der Waals surface area contributed by atoms with Crippen LogP contribution in [0.4, 0.5) is 4.39 Å². The van der Waals surface area contributed by atoms with Crippen LogP contribution in [-0.4, -0.2) is 44.6 Å². The molecule has 0 aliphatic carbocycles. The van der Waals surface area contributed by atoms with Gasteiger partial charge >= 0.3 is 5.97 Å². The maximum absolute atomic E-state index is 13.5. The average molecular weight is 454 g/mol. The Labute approximate surface area is 190 Å². The Morgan fingerprint density at radius 3 is 2.69 bits per heavy atom. The van der Waals surface area contributed by atoms with Gasteiger partial charge in [0.2, 0.25) is 0 Å². The summed E-state index contributed by atoms with van der Waals surface area (Å²) in [5, 5.41) is 12.1. The molecule has 1 atom stereocenters. The van der Waals surface area contributed by atoms with E-state index in [0.717, 1.165) is 5.56 Å². The number of imidazole rings is 1. The fourth-order valence-corrected chi connectivity index (χ4v) is 3.64. The Balaban J connectivity index is 1.89. The van der Waals surface area contributed by atoms with Crippen molar-refractivity contribution in [1.29, 1.82) is 0 Å². The van der Waals surface area contributed by atoms with Gasteiger partial charge in [-0.05, 0) is 59.4 Å². The Kier molecular flexibility index (Phi) is 8.21. The molecular weight excluding hydrogens is 429 g/mol. The Hall–Kier alpha value is -3.39. The molecule has 0 unspecified atom stereocenters. The number of aromatic nitrogens is 2. The molecule has 0 bridgehead atoms. The van der Waals surface area contributed by atoms with E-state index < -0.39 is 17.9 Å². The highest BCUT2D eigenvalue weighted by Crippen LogP contribution is 2.26. The van der Waals surface area contributed by atoms with E-state index >= 15 is 0 Å². The van der Waals surface area contributed by atoms with Crippen molar-refractivity contribution in [3.63, 3.8) is 0 Å². The summed E-state index contributed by atoms with van der Waals surface area (Å²) in [6, 6.07) is 10.2. The minimum absolute atomic E-state index is 0.323. The fraction of sp³-hybridized carbons (Fsp3) is 0.208. The molecule has 3 aromatic rings. The molecule has 3 rings (SSSR count). The summed E-state index contributed by atoms with van der Waals surface area (Å²) in [6.07, 6.45) is 11.4. The standard InChI is InChI=1S/C24H24FN3O3S/c1-32-14-10-22(24(30)31)27-23(29)20-9-4-17(3-2-12-28-13-11-26-16-28)15-21(20)18-5-7-19(25)8-6-18/h2-9,11,13,15-16,22H,10,12,14H2,1H3,(H,27,29)(H,30,31)/b3-2+/t22-/m0/s1. The number of carboxylic acid groups (broad SMARTS) is 1. The van der Waals surface area contributed by atoms with Gasteiger partial charge in [0.05, 0.1) is 6.33 Å². The summed E-state index contributed by atoms with van der Waals surface area (Å²) in [5.74, 6) is -1.32. The van der Waals surface area contributed by atoms with Crippen molar-refractivity contribution in [2.24, 2.45) is 0 Å². The Morgan fingerprint density at radius 2 is 2.03 bits per heavy atom. The minimum atomic E-state index is -1.07. The molecule has 0 fully saturated rings. The number of carbonyl (C=O) groups is 2. The quantitative estimate of drug-likeness (QED) is 0.477. The molecule has 166 valence electrons. The highest BCUT2D eigenvalue weighted by atomic mass is 32.2. The third-order valence-electron chi connectivity index (χ3n) is 4.84. The number of allylic oxidation sites excluding steroid dienone is 1. The number of hydrogen-bond acceptors (Lipinski definition) is 4. The highest BCUT2D eigenvalue weighted by Gasteiger charge is 2.22. The van der Waals surface area contributed by atoms with Crippen LogP contribution in [0.5, 0.6) is 0 Å². The minimum Gasteiger partial charge on any atom is -0.480 e. The lowest BCUT2D eigenvalue weighted by atomic mass is 9.96. The van der Waals surface area contributed by atoms with E-state index in [0.29, 0.717) is 35.4 Å². The van der Waals surface area contributed by atoms with Crippen LogP contribution in [0.3, 0.4) is 0 Å². The number of nitrogens with one attached hydrogen (secondary N) is 1. The predicted molar refractivity (Wildman–Crippen MR) is 125 cm³/mol. The van der Waals surface area contributed by atoms with Gasteiger partial charge in [0.25, 0.3) is 5.91 Å². The summed E-state index contributed by atoms with van der Waals surface area (Å²) in [4.78, 5) is 28.5. The number of benzene rings is 2. The van der Waals surface area contributed by atoms with Crippen molar-refractivity contribution < 1.29 is 19.1 Å². The zero-order valence-corrected chi connectivity index (χ0v) is 18.4. The number of nitrogens with zero attached hydrogens (tertiary/aromatic N) is 2. The number of rotatable bonds is 10. The first-order valence-corrected chi connectivity index (χ1v) is 11.4. The van der Waals surface area contributed by atoms with Crippen molar-refractivity contribution in [3.8, 4) is 11.1 Å². The molecule has 0 saturated heterocycles. The van der Waals surface area contributed by atoms with Gasteiger partial charge in [-0.25, -0.2) is 14.2 Å². The monoisotopic (exact) mass is 453 g/mol. The SMILES string of the molecule is CSCC[C@H](NC(=O)c1ccc(/C=C/Cn2ccnc2)cc1-c1ccc(F)cc1)C(=O)O. The van der Waals surface area contributed by atoms with E-state index in [1.54, 1.807) is 36.8 Å². The van der Waals surface area contributed by atoms with Crippen LogP contribution in [0, 0.1) is 5.82 Å². The summed E-state index contributed by atoms with van der Waals surface area (Å²) < 4.78 is 15.4. The molecule has 0 aliphatic rings. The molecule has 0 spiro atoms. The molecule has 6 nitrogen and oxygen atoms in total. The topological polar surface area (TPSA) is 84.2 Å². The van der Waals surface area contributed by atoms with Gasteiger partial charge < -0.3 is 15.0 Å². The number of carboxylic acids is 1. The first-order chi connectivity index (χ1) is 15.5. The second kappa shape index (κ2) is 11.3. The van der Waals surface area contributed by atoms with Crippen LogP contribution in [0.25, 0.3) is 17.2 Å². The van der Waals surface area contributed by atoms with Gasteiger partial charge in [-0.3, -0.25) is 4.79 Å². The maximum atomic E-state index is 13.5. The van der Waals surface area contributed by atoms with E-state index in [1.807, 2.05) is 35.2 Å². The number of amides is 1. The maximum Gasteiger partial charge on any atom is 0.326 e. The van der Waals surface area contributed by atoms with Crippen LogP contribution in [0.2, 0.25) is 0 Å². The lowest BCUT2D eigenvalue weighted by Gasteiger charge is -2.16. The molecule has 2 N–H and O–H groups in total. The number of halogens is 1. The molecule has 32 heavy (non-hydrogen) atoms.